The van der Waals surface area contributed by atoms with E-state index < -0.39 is 0 Å². The van der Waals surface area contributed by atoms with Crippen LogP contribution in [-0.2, 0) is 9.59 Å². The number of carbonyl (C=O) groups excluding carboxylic acids is 2. The monoisotopic (exact) mass is 372 g/mol. The summed E-state index contributed by atoms with van der Waals surface area (Å²) in [6.07, 6.45) is 0.109. The van der Waals surface area contributed by atoms with E-state index >= 15 is 0 Å². The normalized spacial score (nSPS) is 10.1. The molecule has 2 aromatic rings. The molecule has 1 N–H and O–H groups in total. The highest BCUT2D eigenvalue weighted by Gasteiger charge is 2.19. The van der Waals surface area contributed by atoms with Gasteiger partial charge in [0.2, 0.25) is 11.8 Å². The lowest BCUT2D eigenvalue weighted by molar-refractivity contribution is -0.117. The number of benzene rings is 2. The summed E-state index contributed by atoms with van der Waals surface area (Å²) in [5.74, 6) is 1.26. The van der Waals surface area contributed by atoms with E-state index in [-0.39, 0.29) is 24.8 Å². The van der Waals surface area contributed by atoms with Crippen LogP contribution < -0.4 is 24.4 Å². The highest BCUT2D eigenvalue weighted by Crippen LogP contribution is 2.32. The number of para-hydroxylation sites is 2. The second-order valence-electron chi connectivity index (χ2n) is 5.71. The molecule has 0 aliphatic heterocycles. The maximum atomic E-state index is 12.4. The number of ether oxygens (including phenoxy) is 3. The SMILES string of the molecule is COc1ccc(OC)c(N(CCC(=O)Nc2ccccc2OC)C(C)=O)c1. The largest absolute Gasteiger partial charge is 0.497 e. The zero-order chi connectivity index (χ0) is 19.8. The van der Waals surface area contributed by atoms with E-state index in [2.05, 4.69) is 5.32 Å². The van der Waals surface area contributed by atoms with Crippen LogP contribution in [0.25, 0.3) is 0 Å². The maximum absolute atomic E-state index is 12.4. The van der Waals surface area contributed by atoms with Gasteiger partial charge in [-0.15, -0.1) is 0 Å². The minimum Gasteiger partial charge on any atom is -0.497 e. The molecule has 0 aliphatic rings. The van der Waals surface area contributed by atoms with Crippen molar-refractivity contribution in [1.82, 2.24) is 0 Å². The molecule has 0 radical (unpaired) electrons. The van der Waals surface area contributed by atoms with Gasteiger partial charge in [0.1, 0.15) is 17.2 Å². The van der Waals surface area contributed by atoms with Crippen molar-refractivity contribution in [3.8, 4) is 17.2 Å². The summed E-state index contributed by atoms with van der Waals surface area (Å²) in [4.78, 5) is 26.0. The number of hydrogen-bond donors (Lipinski definition) is 1. The van der Waals surface area contributed by atoms with E-state index in [9.17, 15) is 9.59 Å². The number of amides is 2. The van der Waals surface area contributed by atoms with E-state index in [1.807, 2.05) is 6.07 Å². The molecule has 2 amide bonds. The Bertz CT molecular complexity index is 807. The predicted octanol–water partition coefficient (Wildman–Crippen LogP) is 3.09. The quantitative estimate of drug-likeness (QED) is 0.770. The lowest BCUT2D eigenvalue weighted by Gasteiger charge is -2.23. The molecule has 0 bridgehead atoms. The predicted molar refractivity (Wildman–Crippen MR) is 104 cm³/mol. The highest BCUT2D eigenvalue weighted by molar-refractivity contribution is 5.96. The third kappa shape index (κ3) is 5.13. The molecule has 0 saturated carbocycles. The van der Waals surface area contributed by atoms with E-state index in [0.29, 0.717) is 28.6 Å². The van der Waals surface area contributed by atoms with Crippen LogP contribution in [0.1, 0.15) is 13.3 Å². The second kappa shape index (κ2) is 9.47. The molecule has 2 rings (SSSR count). The lowest BCUT2D eigenvalue weighted by Crippen LogP contribution is -2.32. The van der Waals surface area contributed by atoms with Crippen molar-refractivity contribution in [1.29, 1.82) is 0 Å². The van der Waals surface area contributed by atoms with Crippen LogP contribution in [0.15, 0.2) is 42.5 Å². The Hall–Kier alpha value is -3.22. The number of hydrogen-bond acceptors (Lipinski definition) is 5. The van der Waals surface area contributed by atoms with Gasteiger partial charge < -0.3 is 24.4 Å². The summed E-state index contributed by atoms with van der Waals surface area (Å²) >= 11 is 0. The summed E-state index contributed by atoms with van der Waals surface area (Å²) in [6, 6.07) is 12.3. The van der Waals surface area contributed by atoms with Crippen LogP contribution >= 0.6 is 0 Å². The topological polar surface area (TPSA) is 77.1 Å². The van der Waals surface area contributed by atoms with Crippen molar-refractivity contribution in [3.63, 3.8) is 0 Å². The first-order chi connectivity index (χ1) is 13.0. The number of carbonyl (C=O) groups is 2. The first kappa shape index (κ1) is 20.1. The number of nitrogens with one attached hydrogen (secondary N) is 1. The average Bonchev–Trinajstić information content (AvgIpc) is 2.68. The standard InChI is InChI=1S/C20H24N2O5/c1-14(23)22(17-13-15(25-2)9-10-19(17)27-4)12-11-20(24)21-16-7-5-6-8-18(16)26-3/h5-10,13H,11-12H2,1-4H3,(H,21,24). The van der Waals surface area contributed by atoms with E-state index in [4.69, 9.17) is 14.2 Å². The first-order valence-electron chi connectivity index (χ1n) is 8.43. The second-order valence-corrected chi connectivity index (χ2v) is 5.71. The van der Waals surface area contributed by atoms with E-state index in [1.165, 1.54) is 26.0 Å². The summed E-state index contributed by atoms with van der Waals surface area (Å²) in [5, 5.41) is 2.80. The molecular formula is C20H24N2O5. The molecule has 0 aromatic heterocycles. The number of nitrogens with zero attached hydrogens (tertiary/aromatic N) is 1. The molecule has 0 spiro atoms. The third-order valence-corrected chi connectivity index (χ3v) is 4.00. The lowest BCUT2D eigenvalue weighted by atomic mass is 10.2. The fourth-order valence-electron chi connectivity index (χ4n) is 2.63. The van der Waals surface area contributed by atoms with Crippen LogP contribution in [0, 0.1) is 0 Å². The highest BCUT2D eigenvalue weighted by atomic mass is 16.5. The minimum absolute atomic E-state index is 0.109. The van der Waals surface area contributed by atoms with Crippen LogP contribution in [0.5, 0.6) is 17.2 Å². The van der Waals surface area contributed by atoms with Gasteiger partial charge >= 0.3 is 0 Å². The molecule has 7 heteroatoms. The fourth-order valence-corrected chi connectivity index (χ4v) is 2.63. The summed E-state index contributed by atoms with van der Waals surface area (Å²) in [5.41, 5.74) is 1.13. The summed E-state index contributed by atoms with van der Waals surface area (Å²) < 4.78 is 15.8. The zero-order valence-electron chi connectivity index (χ0n) is 15.9. The molecular weight excluding hydrogens is 348 g/mol. The zero-order valence-corrected chi connectivity index (χ0v) is 15.9. The Morgan fingerprint density at radius 3 is 2.30 bits per heavy atom. The van der Waals surface area contributed by atoms with Gasteiger partial charge in [0.15, 0.2) is 0 Å². The smallest absolute Gasteiger partial charge is 0.226 e. The van der Waals surface area contributed by atoms with Crippen molar-refractivity contribution >= 4 is 23.2 Å². The summed E-state index contributed by atoms with van der Waals surface area (Å²) in [7, 11) is 4.61. The van der Waals surface area contributed by atoms with Gasteiger partial charge in [0, 0.05) is 26.0 Å². The molecule has 7 nitrogen and oxygen atoms in total. The van der Waals surface area contributed by atoms with E-state index in [0.717, 1.165) is 0 Å². The van der Waals surface area contributed by atoms with Gasteiger partial charge in [0.25, 0.3) is 0 Å². The maximum Gasteiger partial charge on any atom is 0.226 e. The van der Waals surface area contributed by atoms with Gasteiger partial charge in [-0.3, -0.25) is 9.59 Å². The van der Waals surface area contributed by atoms with Gasteiger partial charge in [0.05, 0.1) is 32.7 Å². The van der Waals surface area contributed by atoms with Crippen molar-refractivity contribution in [2.75, 3.05) is 38.1 Å². The molecule has 144 valence electrons. The van der Waals surface area contributed by atoms with Gasteiger partial charge in [-0.05, 0) is 24.3 Å². The van der Waals surface area contributed by atoms with Gasteiger partial charge in [-0.2, -0.15) is 0 Å². The number of anilines is 2. The molecule has 0 unspecified atom stereocenters. The Morgan fingerprint density at radius 2 is 1.67 bits per heavy atom. The van der Waals surface area contributed by atoms with Crippen molar-refractivity contribution < 1.29 is 23.8 Å². The third-order valence-electron chi connectivity index (χ3n) is 4.00. The molecule has 0 aliphatic carbocycles. The van der Waals surface area contributed by atoms with Gasteiger partial charge in [-0.1, -0.05) is 12.1 Å². The molecule has 0 fully saturated rings. The Morgan fingerprint density at radius 1 is 0.963 bits per heavy atom. The minimum atomic E-state index is -0.229. The van der Waals surface area contributed by atoms with Crippen LogP contribution in [0.4, 0.5) is 11.4 Å². The average molecular weight is 372 g/mol. The van der Waals surface area contributed by atoms with Gasteiger partial charge in [-0.25, -0.2) is 0 Å². The number of rotatable bonds is 8. The Labute approximate surface area is 158 Å². The van der Waals surface area contributed by atoms with E-state index in [1.54, 1.807) is 43.5 Å². The number of methoxy groups -OCH3 is 3. The molecule has 0 atom stereocenters. The van der Waals surface area contributed by atoms with Crippen LogP contribution in [-0.4, -0.2) is 39.7 Å². The van der Waals surface area contributed by atoms with Crippen LogP contribution in [0.3, 0.4) is 0 Å². The molecule has 2 aromatic carbocycles. The molecule has 0 saturated heterocycles. The Kier molecular flexibility index (Phi) is 7.05. The first-order valence-corrected chi connectivity index (χ1v) is 8.43. The summed E-state index contributed by atoms with van der Waals surface area (Å²) in [6.45, 7) is 1.64. The Balaban J connectivity index is 2.13. The van der Waals surface area contributed by atoms with Crippen molar-refractivity contribution in [3.05, 3.63) is 42.5 Å². The molecule has 0 heterocycles. The fraction of sp³-hybridized carbons (Fsp3) is 0.300. The molecule has 27 heavy (non-hydrogen) atoms. The van der Waals surface area contributed by atoms with Crippen molar-refractivity contribution in [2.45, 2.75) is 13.3 Å². The van der Waals surface area contributed by atoms with Crippen molar-refractivity contribution in [2.24, 2.45) is 0 Å². The van der Waals surface area contributed by atoms with Crippen LogP contribution in [0.2, 0.25) is 0 Å².